The van der Waals surface area contributed by atoms with Crippen LogP contribution in [0.5, 0.6) is 0 Å². The van der Waals surface area contributed by atoms with Gasteiger partial charge in [0.25, 0.3) is 0 Å². The van der Waals surface area contributed by atoms with Gasteiger partial charge < -0.3 is 31.9 Å². The van der Waals surface area contributed by atoms with Crippen LogP contribution in [0.25, 0.3) is 0 Å². The molecule has 24 heavy (non-hydrogen) atoms. The van der Waals surface area contributed by atoms with E-state index in [-0.39, 0.29) is 37.1 Å². The van der Waals surface area contributed by atoms with Crippen molar-refractivity contribution < 1.29 is 19.8 Å². The molecular weight excluding hydrogens is 352 g/mol. The van der Waals surface area contributed by atoms with Gasteiger partial charge in [-0.15, -0.1) is 0 Å². The lowest BCUT2D eigenvalue weighted by atomic mass is 10.1. The Morgan fingerprint density at radius 2 is 1.17 bits per heavy atom. The lowest BCUT2D eigenvalue weighted by Crippen LogP contribution is -2.23. The molecule has 0 spiro atoms. The van der Waals surface area contributed by atoms with E-state index in [9.17, 15) is 9.59 Å². The molecule has 0 aromatic heterocycles. The fourth-order valence-electron chi connectivity index (χ4n) is 1.66. The second-order valence-corrected chi connectivity index (χ2v) is 7.58. The SMILES string of the molecule is N=CCCC(=N)C(CC(=O)O)SSC(CC(=O)O)C(=N)CCC=N. The van der Waals surface area contributed by atoms with Crippen LogP contribution >= 0.6 is 21.6 Å². The summed E-state index contributed by atoms with van der Waals surface area (Å²) < 4.78 is 0. The van der Waals surface area contributed by atoms with E-state index in [1.165, 1.54) is 0 Å². The van der Waals surface area contributed by atoms with E-state index < -0.39 is 22.4 Å². The normalized spacial score (nSPS) is 12.8. The summed E-state index contributed by atoms with van der Waals surface area (Å²) >= 11 is 0. The molecule has 0 aromatic carbocycles. The van der Waals surface area contributed by atoms with Gasteiger partial charge in [0.2, 0.25) is 0 Å². The first-order valence-corrected chi connectivity index (χ1v) is 9.47. The van der Waals surface area contributed by atoms with E-state index in [4.69, 9.17) is 31.9 Å². The van der Waals surface area contributed by atoms with Gasteiger partial charge in [-0.2, -0.15) is 0 Å². The lowest BCUT2D eigenvalue weighted by Gasteiger charge is -2.19. The van der Waals surface area contributed by atoms with Gasteiger partial charge in [-0.25, -0.2) is 0 Å². The highest BCUT2D eigenvalue weighted by Crippen LogP contribution is 2.36. The first-order valence-electron chi connectivity index (χ1n) is 7.20. The van der Waals surface area contributed by atoms with E-state index in [0.717, 1.165) is 34.0 Å². The van der Waals surface area contributed by atoms with E-state index in [2.05, 4.69) is 0 Å². The number of rotatable bonds is 15. The minimum atomic E-state index is -1.05. The van der Waals surface area contributed by atoms with Crippen molar-refractivity contribution >= 4 is 57.4 Å². The van der Waals surface area contributed by atoms with Gasteiger partial charge in [0.15, 0.2) is 0 Å². The molecule has 0 saturated heterocycles. The quantitative estimate of drug-likeness (QED) is 0.190. The van der Waals surface area contributed by atoms with Gasteiger partial charge in [0.05, 0.1) is 23.3 Å². The molecule has 0 aliphatic heterocycles. The summed E-state index contributed by atoms with van der Waals surface area (Å²) in [6, 6.07) is 0. The third kappa shape index (κ3) is 10.2. The molecule has 0 aliphatic rings. The average Bonchev–Trinajstić information content (AvgIpc) is 2.51. The Kier molecular flexibility index (Phi) is 11.8. The first kappa shape index (κ1) is 22.3. The lowest BCUT2D eigenvalue weighted by molar-refractivity contribution is -0.137. The Labute approximate surface area is 148 Å². The molecule has 0 aromatic rings. The molecule has 8 nitrogen and oxygen atoms in total. The van der Waals surface area contributed by atoms with Crippen molar-refractivity contribution in [1.82, 2.24) is 0 Å². The van der Waals surface area contributed by atoms with Crippen LogP contribution in [-0.4, -0.2) is 56.5 Å². The zero-order chi connectivity index (χ0) is 18.5. The molecule has 10 heteroatoms. The molecule has 2 unspecified atom stereocenters. The molecule has 0 radical (unpaired) electrons. The largest absolute Gasteiger partial charge is 0.481 e. The molecule has 2 atom stereocenters. The molecular formula is C14H22N4O4S2. The third-order valence-corrected chi connectivity index (χ3v) is 6.11. The van der Waals surface area contributed by atoms with Gasteiger partial charge in [0, 0.05) is 11.4 Å². The number of hydrogen-bond acceptors (Lipinski definition) is 8. The maximum absolute atomic E-state index is 11.0. The van der Waals surface area contributed by atoms with Crippen molar-refractivity contribution in [3.05, 3.63) is 0 Å². The molecule has 0 aliphatic carbocycles. The van der Waals surface area contributed by atoms with Crippen LogP contribution in [-0.2, 0) is 9.59 Å². The number of carbonyl (C=O) groups is 2. The Balaban J connectivity index is 4.86. The maximum atomic E-state index is 11.0. The van der Waals surface area contributed by atoms with Crippen LogP contribution in [0.3, 0.4) is 0 Å². The van der Waals surface area contributed by atoms with E-state index >= 15 is 0 Å². The molecule has 0 amide bonds. The minimum Gasteiger partial charge on any atom is -0.481 e. The Bertz CT molecular complexity index is 455. The minimum absolute atomic E-state index is 0.193. The van der Waals surface area contributed by atoms with Gasteiger partial charge >= 0.3 is 11.9 Å². The van der Waals surface area contributed by atoms with Crippen molar-refractivity contribution in [2.45, 2.75) is 49.0 Å². The van der Waals surface area contributed by atoms with Gasteiger partial charge in [-0.05, 0) is 38.1 Å². The zero-order valence-electron chi connectivity index (χ0n) is 13.1. The smallest absolute Gasteiger partial charge is 0.304 e. The van der Waals surface area contributed by atoms with Crippen molar-refractivity contribution in [2.24, 2.45) is 0 Å². The highest BCUT2D eigenvalue weighted by Gasteiger charge is 2.24. The molecule has 0 heterocycles. The van der Waals surface area contributed by atoms with Crippen molar-refractivity contribution in [3.8, 4) is 0 Å². The van der Waals surface area contributed by atoms with Crippen LogP contribution in [0.2, 0.25) is 0 Å². The van der Waals surface area contributed by atoms with Gasteiger partial charge in [0.1, 0.15) is 0 Å². The van der Waals surface area contributed by atoms with Gasteiger partial charge in [-0.1, -0.05) is 21.6 Å². The third-order valence-electron chi connectivity index (χ3n) is 2.90. The summed E-state index contributed by atoms with van der Waals surface area (Å²) in [4.78, 5) is 21.9. The number of carboxylic acids is 2. The Morgan fingerprint density at radius 3 is 1.42 bits per heavy atom. The summed E-state index contributed by atoms with van der Waals surface area (Å²) in [5, 5.41) is 46.5. The molecule has 0 fully saturated rings. The van der Waals surface area contributed by atoms with Crippen LogP contribution in [0.4, 0.5) is 0 Å². The fraction of sp³-hybridized carbons (Fsp3) is 0.571. The van der Waals surface area contributed by atoms with Gasteiger partial charge in [-0.3, -0.25) is 9.59 Å². The Morgan fingerprint density at radius 1 is 0.833 bits per heavy atom. The van der Waals surface area contributed by atoms with Crippen molar-refractivity contribution in [3.63, 3.8) is 0 Å². The van der Waals surface area contributed by atoms with Crippen LogP contribution in [0, 0.1) is 21.6 Å². The summed E-state index contributed by atoms with van der Waals surface area (Å²) in [5.74, 6) is -2.11. The van der Waals surface area contributed by atoms with E-state index in [0.29, 0.717) is 12.8 Å². The first-order chi connectivity index (χ1) is 11.3. The summed E-state index contributed by atoms with van der Waals surface area (Å²) in [5.41, 5.74) is 0.386. The summed E-state index contributed by atoms with van der Waals surface area (Å²) in [6.07, 6.45) is 3.06. The highest BCUT2D eigenvalue weighted by molar-refractivity contribution is 8.77. The molecule has 0 saturated carbocycles. The van der Waals surface area contributed by atoms with E-state index in [1.54, 1.807) is 0 Å². The molecule has 134 valence electrons. The Hall–Kier alpha value is -1.68. The van der Waals surface area contributed by atoms with Crippen molar-refractivity contribution in [2.75, 3.05) is 0 Å². The zero-order valence-corrected chi connectivity index (χ0v) is 14.7. The van der Waals surface area contributed by atoms with Crippen molar-refractivity contribution in [1.29, 1.82) is 21.6 Å². The highest BCUT2D eigenvalue weighted by atomic mass is 33.1. The number of hydrogen-bond donors (Lipinski definition) is 6. The monoisotopic (exact) mass is 374 g/mol. The maximum Gasteiger partial charge on any atom is 0.304 e. The second kappa shape index (κ2) is 12.7. The number of aliphatic carboxylic acids is 2. The van der Waals surface area contributed by atoms with Crippen LogP contribution < -0.4 is 0 Å². The molecule has 0 bridgehead atoms. The predicted octanol–water partition coefficient (Wildman–Crippen LogP) is 2.95. The second-order valence-electron chi connectivity index (χ2n) is 4.90. The number of nitrogens with one attached hydrogen (secondary N) is 4. The summed E-state index contributed by atoms with van der Waals surface area (Å²) in [6.45, 7) is 0. The van der Waals surface area contributed by atoms with Crippen LogP contribution in [0.1, 0.15) is 38.5 Å². The predicted molar refractivity (Wildman–Crippen MR) is 98.8 cm³/mol. The number of carboxylic acid groups (broad SMARTS) is 2. The standard InChI is InChI=1S/C14H22N4O4S2/c15-5-1-3-9(17)11(7-13(19)20)23-24-12(8-14(21)22)10(18)4-2-6-16/h5-6,11-12,15-18H,1-4,7-8H2,(H,19,20)(H,21,22). The molecule has 0 rings (SSSR count). The summed E-state index contributed by atoms with van der Waals surface area (Å²) in [7, 11) is 2.19. The topological polar surface area (TPSA) is 170 Å². The molecule has 6 N–H and O–H groups in total. The van der Waals surface area contributed by atoms with E-state index in [1.807, 2.05) is 0 Å². The fourth-order valence-corrected chi connectivity index (χ4v) is 4.73. The van der Waals surface area contributed by atoms with Crippen LogP contribution in [0.15, 0.2) is 0 Å². The average molecular weight is 374 g/mol.